The molecule has 0 aliphatic heterocycles. The third-order valence-electron chi connectivity index (χ3n) is 2.76. The SMILES string of the molecule is CCn1cccc1C(=O)NCC(N)C(C)C. The minimum absolute atomic E-state index is 0.00832. The molecule has 1 aromatic rings. The van der Waals surface area contributed by atoms with Gasteiger partial charge in [0, 0.05) is 25.3 Å². The molecule has 0 saturated carbocycles. The van der Waals surface area contributed by atoms with Crippen LogP contribution in [-0.2, 0) is 6.54 Å². The van der Waals surface area contributed by atoms with Crippen LogP contribution >= 0.6 is 0 Å². The summed E-state index contributed by atoms with van der Waals surface area (Å²) < 4.78 is 1.91. The first-order chi connectivity index (χ1) is 7.56. The Kier molecular flexibility index (Phi) is 4.55. The number of carbonyl (C=O) groups is 1. The van der Waals surface area contributed by atoms with Crippen molar-refractivity contribution in [2.24, 2.45) is 11.7 Å². The summed E-state index contributed by atoms with van der Waals surface area (Å²) in [6, 6.07) is 3.70. The van der Waals surface area contributed by atoms with Crippen molar-refractivity contribution in [2.45, 2.75) is 33.4 Å². The van der Waals surface area contributed by atoms with Gasteiger partial charge in [0.1, 0.15) is 5.69 Å². The molecule has 0 aliphatic rings. The highest BCUT2D eigenvalue weighted by Crippen LogP contribution is 2.02. The van der Waals surface area contributed by atoms with E-state index in [9.17, 15) is 4.79 Å². The Balaban J connectivity index is 2.53. The summed E-state index contributed by atoms with van der Waals surface area (Å²) in [6.45, 7) is 7.42. The molecule has 1 aromatic heterocycles. The zero-order valence-corrected chi connectivity index (χ0v) is 10.2. The molecule has 0 aromatic carbocycles. The predicted molar refractivity (Wildman–Crippen MR) is 65.3 cm³/mol. The van der Waals surface area contributed by atoms with Gasteiger partial charge in [-0.25, -0.2) is 0 Å². The Morgan fingerprint density at radius 2 is 2.25 bits per heavy atom. The summed E-state index contributed by atoms with van der Waals surface area (Å²) in [4.78, 5) is 11.8. The van der Waals surface area contributed by atoms with E-state index in [0.717, 1.165) is 6.54 Å². The van der Waals surface area contributed by atoms with E-state index in [1.807, 2.05) is 43.7 Å². The largest absolute Gasteiger partial charge is 0.349 e. The van der Waals surface area contributed by atoms with E-state index >= 15 is 0 Å². The summed E-state index contributed by atoms with van der Waals surface area (Å²) in [5.41, 5.74) is 6.56. The number of amides is 1. The number of nitrogens with two attached hydrogens (primary N) is 1. The van der Waals surface area contributed by atoms with Crippen LogP contribution in [0.3, 0.4) is 0 Å². The predicted octanol–water partition coefficient (Wildman–Crippen LogP) is 1.22. The Hall–Kier alpha value is -1.29. The lowest BCUT2D eigenvalue weighted by Crippen LogP contribution is -2.40. The van der Waals surface area contributed by atoms with E-state index in [4.69, 9.17) is 5.73 Å². The Morgan fingerprint density at radius 3 is 2.81 bits per heavy atom. The van der Waals surface area contributed by atoms with Crippen molar-refractivity contribution in [2.75, 3.05) is 6.54 Å². The van der Waals surface area contributed by atoms with Gasteiger partial charge < -0.3 is 15.6 Å². The molecular formula is C12H21N3O. The molecule has 0 bridgehead atoms. The van der Waals surface area contributed by atoms with Gasteiger partial charge >= 0.3 is 0 Å². The second-order valence-electron chi connectivity index (χ2n) is 4.30. The lowest BCUT2D eigenvalue weighted by atomic mass is 10.1. The normalized spacial score (nSPS) is 12.8. The molecule has 4 nitrogen and oxygen atoms in total. The van der Waals surface area contributed by atoms with Gasteiger partial charge in [-0.1, -0.05) is 13.8 Å². The number of hydrogen-bond acceptors (Lipinski definition) is 2. The molecule has 0 aliphatic carbocycles. The lowest BCUT2D eigenvalue weighted by Gasteiger charge is -2.16. The molecule has 90 valence electrons. The maximum atomic E-state index is 11.8. The summed E-state index contributed by atoms with van der Waals surface area (Å²) in [5.74, 6) is 0.321. The molecule has 16 heavy (non-hydrogen) atoms. The Labute approximate surface area is 96.8 Å². The van der Waals surface area contributed by atoms with Crippen molar-refractivity contribution >= 4 is 5.91 Å². The van der Waals surface area contributed by atoms with E-state index in [-0.39, 0.29) is 11.9 Å². The van der Waals surface area contributed by atoms with Gasteiger partial charge in [-0.3, -0.25) is 4.79 Å². The minimum atomic E-state index is -0.0528. The standard InChI is InChI=1S/C12H21N3O/c1-4-15-7-5-6-11(15)12(16)14-8-10(13)9(2)3/h5-7,9-10H,4,8,13H2,1-3H3,(H,14,16). The molecule has 0 saturated heterocycles. The molecule has 4 heteroatoms. The third kappa shape index (κ3) is 3.10. The first-order valence-electron chi connectivity index (χ1n) is 5.75. The summed E-state index contributed by atoms with van der Waals surface area (Å²) in [5, 5.41) is 2.86. The van der Waals surface area contributed by atoms with Gasteiger partial charge in [0.05, 0.1) is 0 Å². The van der Waals surface area contributed by atoms with Crippen LogP contribution in [0, 0.1) is 5.92 Å². The highest BCUT2D eigenvalue weighted by Gasteiger charge is 2.12. The molecule has 1 atom stereocenters. The molecular weight excluding hydrogens is 202 g/mol. The molecule has 0 fully saturated rings. The summed E-state index contributed by atoms with van der Waals surface area (Å²) >= 11 is 0. The molecule has 1 unspecified atom stereocenters. The lowest BCUT2D eigenvalue weighted by molar-refractivity contribution is 0.0940. The van der Waals surface area contributed by atoms with E-state index in [1.54, 1.807) is 0 Å². The fraction of sp³-hybridized carbons (Fsp3) is 0.583. The van der Waals surface area contributed by atoms with Crippen molar-refractivity contribution in [3.05, 3.63) is 24.0 Å². The highest BCUT2D eigenvalue weighted by atomic mass is 16.1. The van der Waals surface area contributed by atoms with Gasteiger partial charge in [0.15, 0.2) is 0 Å². The fourth-order valence-electron chi connectivity index (χ4n) is 1.43. The molecule has 0 spiro atoms. The fourth-order valence-corrected chi connectivity index (χ4v) is 1.43. The van der Waals surface area contributed by atoms with E-state index in [1.165, 1.54) is 0 Å². The van der Waals surface area contributed by atoms with E-state index < -0.39 is 0 Å². The molecule has 3 N–H and O–H groups in total. The average molecular weight is 223 g/mol. The second-order valence-corrected chi connectivity index (χ2v) is 4.30. The van der Waals surface area contributed by atoms with Crippen LogP contribution < -0.4 is 11.1 Å². The van der Waals surface area contributed by atoms with Crippen LogP contribution in [0.25, 0.3) is 0 Å². The average Bonchev–Trinajstić information content (AvgIpc) is 2.73. The van der Waals surface area contributed by atoms with Crippen LogP contribution in [-0.4, -0.2) is 23.1 Å². The summed E-state index contributed by atoms with van der Waals surface area (Å²) in [6.07, 6.45) is 1.90. The quantitative estimate of drug-likeness (QED) is 0.788. The monoisotopic (exact) mass is 223 g/mol. The first kappa shape index (κ1) is 12.8. The van der Waals surface area contributed by atoms with Gasteiger partial charge in [-0.05, 0) is 25.0 Å². The number of nitrogens with one attached hydrogen (secondary N) is 1. The zero-order chi connectivity index (χ0) is 12.1. The minimum Gasteiger partial charge on any atom is -0.349 e. The number of nitrogens with zero attached hydrogens (tertiary/aromatic N) is 1. The Bertz CT molecular complexity index is 344. The molecule has 1 rings (SSSR count). The maximum absolute atomic E-state index is 11.8. The summed E-state index contributed by atoms with van der Waals surface area (Å²) in [7, 11) is 0. The first-order valence-corrected chi connectivity index (χ1v) is 5.75. The topological polar surface area (TPSA) is 60.0 Å². The van der Waals surface area contributed by atoms with Crippen molar-refractivity contribution < 1.29 is 4.79 Å². The van der Waals surface area contributed by atoms with Crippen LogP contribution in [0.4, 0.5) is 0 Å². The number of rotatable bonds is 5. The van der Waals surface area contributed by atoms with Gasteiger partial charge in [-0.2, -0.15) is 0 Å². The van der Waals surface area contributed by atoms with Crippen molar-refractivity contribution in [3.8, 4) is 0 Å². The number of aromatic nitrogens is 1. The van der Waals surface area contributed by atoms with Gasteiger partial charge in [0.25, 0.3) is 5.91 Å². The van der Waals surface area contributed by atoms with Crippen molar-refractivity contribution in [1.82, 2.24) is 9.88 Å². The van der Waals surface area contributed by atoms with Crippen LogP contribution in [0.2, 0.25) is 0 Å². The Morgan fingerprint density at radius 1 is 1.56 bits per heavy atom. The number of hydrogen-bond donors (Lipinski definition) is 2. The second kappa shape index (κ2) is 5.70. The van der Waals surface area contributed by atoms with Gasteiger partial charge in [-0.15, -0.1) is 0 Å². The van der Waals surface area contributed by atoms with Crippen LogP contribution in [0.1, 0.15) is 31.3 Å². The smallest absolute Gasteiger partial charge is 0.267 e. The van der Waals surface area contributed by atoms with Crippen LogP contribution in [0.15, 0.2) is 18.3 Å². The van der Waals surface area contributed by atoms with Crippen LogP contribution in [0.5, 0.6) is 0 Å². The molecule has 1 amide bonds. The molecule has 1 heterocycles. The van der Waals surface area contributed by atoms with E-state index in [0.29, 0.717) is 18.2 Å². The van der Waals surface area contributed by atoms with Gasteiger partial charge in [0.2, 0.25) is 0 Å². The number of carbonyl (C=O) groups excluding carboxylic acids is 1. The highest BCUT2D eigenvalue weighted by molar-refractivity contribution is 5.92. The number of aryl methyl sites for hydroxylation is 1. The van der Waals surface area contributed by atoms with E-state index in [2.05, 4.69) is 5.32 Å². The molecule has 0 radical (unpaired) electrons. The third-order valence-corrected chi connectivity index (χ3v) is 2.76. The van der Waals surface area contributed by atoms with Crippen molar-refractivity contribution in [1.29, 1.82) is 0 Å². The zero-order valence-electron chi connectivity index (χ0n) is 10.2. The van der Waals surface area contributed by atoms with Crippen molar-refractivity contribution in [3.63, 3.8) is 0 Å². The maximum Gasteiger partial charge on any atom is 0.267 e.